The van der Waals surface area contributed by atoms with Crippen molar-refractivity contribution in [2.75, 3.05) is 0 Å². The van der Waals surface area contributed by atoms with Gasteiger partial charge >= 0.3 is 119 Å². The zero-order valence-corrected chi connectivity index (χ0v) is 12.4. The van der Waals surface area contributed by atoms with Crippen LogP contribution < -0.4 is 93.3 Å². The molecule has 0 spiro atoms. The average molecular weight is 177 g/mol. The van der Waals surface area contributed by atoms with Crippen molar-refractivity contribution >= 4 is 50.1 Å². The summed E-state index contributed by atoms with van der Waals surface area (Å²) in [6, 6.07) is 0. The van der Waals surface area contributed by atoms with Crippen molar-refractivity contribution < 1.29 is 97.6 Å². The summed E-state index contributed by atoms with van der Waals surface area (Å²) in [6.45, 7) is 0. The molecule has 22 valence electrons. The largest absolute Gasteiger partial charge is 2.00 e. The summed E-state index contributed by atoms with van der Waals surface area (Å²) in [4.78, 5) is 0. The molecule has 0 aliphatic heterocycles. The van der Waals surface area contributed by atoms with Gasteiger partial charge in [0.1, 0.15) is 0 Å². The van der Waals surface area contributed by atoms with Crippen molar-refractivity contribution in [3.8, 4) is 0 Å². The van der Waals surface area contributed by atoms with Crippen LogP contribution in [-0.2, 0) is 0 Å². The van der Waals surface area contributed by atoms with Crippen LogP contribution in [0.1, 0.15) is 4.28 Å². The van der Waals surface area contributed by atoms with Crippen LogP contribution in [0.25, 0.3) is 0 Å². The molecular formula is H4CaCl2KNa. The van der Waals surface area contributed by atoms with Crippen molar-refractivity contribution in [3.63, 3.8) is 0 Å². The normalized spacial score (nSPS) is 0. The van der Waals surface area contributed by atoms with Gasteiger partial charge in [0.15, 0.2) is 0 Å². The Morgan fingerprint density at radius 1 is 1.20 bits per heavy atom. The Balaban J connectivity index is 0. The van der Waals surface area contributed by atoms with Gasteiger partial charge in [0.25, 0.3) is 0 Å². The van der Waals surface area contributed by atoms with Gasteiger partial charge in [-0.3, -0.25) is 0 Å². The molecule has 0 rings (SSSR count). The molecule has 5 heavy (non-hydrogen) atoms. The smallest absolute Gasteiger partial charge is 1.00 e. The molecule has 0 saturated carbocycles. The first-order chi connectivity index (χ1) is 0. The van der Waals surface area contributed by atoms with Crippen LogP contribution in [0.15, 0.2) is 0 Å². The van der Waals surface area contributed by atoms with Crippen molar-refractivity contribution in [2.45, 2.75) is 0 Å². The second-order valence-corrected chi connectivity index (χ2v) is 0. The zero-order chi connectivity index (χ0) is 0. The second kappa shape index (κ2) is 23.6. The van der Waals surface area contributed by atoms with Crippen LogP contribution in [0.2, 0.25) is 0 Å². The topological polar surface area (TPSA) is 0 Å². The Kier molecular flexibility index (Phi) is 161. The summed E-state index contributed by atoms with van der Waals surface area (Å²) in [5.74, 6) is 0. The van der Waals surface area contributed by atoms with Crippen LogP contribution in [-0.4, -0.2) is 37.7 Å². The minimum absolute atomic E-state index is 0. The standard InChI is InChI=1S/Ca.2ClH.K.Na.3H/h;2*1H;;;;;/q+2;;;2*+1;3*-1/p-1. The van der Waals surface area contributed by atoms with Crippen molar-refractivity contribution in [3.05, 3.63) is 0 Å². The van der Waals surface area contributed by atoms with E-state index < -0.39 is 0 Å². The summed E-state index contributed by atoms with van der Waals surface area (Å²) >= 11 is 0. The minimum atomic E-state index is 0. The molecule has 0 aliphatic rings. The molecule has 0 aromatic carbocycles. The summed E-state index contributed by atoms with van der Waals surface area (Å²) < 4.78 is 0. The first-order valence-corrected chi connectivity index (χ1v) is 0. The Hall–Kier alpha value is 4.48. The quantitative estimate of drug-likeness (QED) is 0.322. The van der Waals surface area contributed by atoms with Gasteiger partial charge < -0.3 is 16.7 Å². The fraction of sp³-hybridized carbons (Fsp3) is 0. The first-order valence-electron chi connectivity index (χ1n) is 0. The Bertz CT molecular complexity index is 17.2. The van der Waals surface area contributed by atoms with E-state index in [0.29, 0.717) is 0 Å². The van der Waals surface area contributed by atoms with E-state index in [1.54, 1.807) is 0 Å². The number of rotatable bonds is 0. The van der Waals surface area contributed by atoms with Gasteiger partial charge in [0.05, 0.1) is 0 Å². The molecule has 0 saturated heterocycles. The third-order valence-electron chi connectivity index (χ3n) is 0. The molecular weight excluding hydrogens is 173 g/mol. The average Bonchev–Trinajstić information content (AvgIpc) is 0. The van der Waals surface area contributed by atoms with Crippen LogP contribution >= 0.6 is 12.4 Å². The van der Waals surface area contributed by atoms with Crippen LogP contribution in [0.5, 0.6) is 0 Å². The second-order valence-electron chi connectivity index (χ2n) is 0. The summed E-state index contributed by atoms with van der Waals surface area (Å²) in [5.41, 5.74) is 0. The van der Waals surface area contributed by atoms with Crippen LogP contribution in [0, 0.1) is 0 Å². The molecule has 0 aliphatic carbocycles. The van der Waals surface area contributed by atoms with Crippen LogP contribution in [0.4, 0.5) is 0 Å². The van der Waals surface area contributed by atoms with Gasteiger partial charge in [-0.05, 0) is 0 Å². The van der Waals surface area contributed by atoms with E-state index in [2.05, 4.69) is 0 Å². The van der Waals surface area contributed by atoms with Crippen molar-refractivity contribution in [1.29, 1.82) is 0 Å². The first kappa shape index (κ1) is 34.0. The minimum Gasteiger partial charge on any atom is -1.00 e. The van der Waals surface area contributed by atoms with Crippen LogP contribution in [0.3, 0.4) is 0 Å². The molecule has 0 fully saturated rings. The van der Waals surface area contributed by atoms with Gasteiger partial charge in [-0.15, -0.1) is 12.4 Å². The fourth-order valence-electron chi connectivity index (χ4n) is 0. The third-order valence-corrected chi connectivity index (χ3v) is 0. The maximum absolute atomic E-state index is 0. The van der Waals surface area contributed by atoms with Crippen molar-refractivity contribution in [1.82, 2.24) is 0 Å². The van der Waals surface area contributed by atoms with E-state index >= 15 is 0 Å². The number of hydrogen-bond donors (Lipinski definition) is 0. The maximum Gasteiger partial charge on any atom is 2.00 e. The molecule has 0 nitrogen and oxygen atoms in total. The van der Waals surface area contributed by atoms with E-state index in [1.165, 1.54) is 0 Å². The Labute approximate surface area is 144 Å². The zero-order valence-electron chi connectivity index (χ0n) is 6.49. The molecule has 0 aromatic rings. The molecule has 0 heterocycles. The van der Waals surface area contributed by atoms with Gasteiger partial charge in [0.2, 0.25) is 0 Å². The van der Waals surface area contributed by atoms with E-state index in [1.807, 2.05) is 0 Å². The van der Waals surface area contributed by atoms with Gasteiger partial charge in [0, 0.05) is 0 Å². The molecule has 0 atom stereocenters. The van der Waals surface area contributed by atoms with Crippen molar-refractivity contribution in [2.24, 2.45) is 0 Å². The van der Waals surface area contributed by atoms with E-state index in [0.717, 1.165) is 0 Å². The third kappa shape index (κ3) is 17.7. The molecule has 0 radical (unpaired) electrons. The van der Waals surface area contributed by atoms with Gasteiger partial charge in [-0.2, -0.15) is 0 Å². The van der Waals surface area contributed by atoms with Gasteiger partial charge in [-0.1, -0.05) is 0 Å². The molecule has 0 aromatic heterocycles. The molecule has 0 unspecified atom stereocenters. The number of halogens is 2. The molecule has 0 amide bonds. The summed E-state index contributed by atoms with van der Waals surface area (Å²) in [6.07, 6.45) is 0. The Morgan fingerprint density at radius 3 is 1.20 bits per heavy atom. The summed E-state index contributed by atoms with van der Waals surface area (Å²) in [7, 11) is 0. The van der Waals surface area contributed by atoms with E-state index in [4.69, 9.17) is 0 Å². The molecule has 0 N–H and O–H groups in total. The summed E-state index contributed by atoms with van der Waals surface area (Å²) in [5, 5.41) is 0. The fourth-order valence-corrected chi connectivity index (χ4v) is 0. The molecule has 5 heteroatoms. The van der Waals surface area contributed by atoms with E-state index in [-0.39, 0.29) is 148 Å². The molecule has 0 bridgehead atoms. The van der Waals surface area contributed by atoms with Gasteiger partial charge in [-0.25, -0.2) is 0 Å². The SMILES string of the molecule is Cl.[Ca+2].[Cl-].[H-].[H-].[H-].[K+].[Na+]. The number of hydrogen-bond acceptors (Lipinski definition) is 0. The maximum atomic E-state index is 0. The van der Waals surface area contributed by atoms with E-state index in [9.17, 15) is 0 Å². The monoisotopic (exact) mass is 176 g/mol. The predicted molar refractivity (Wildman–Crippen MR) is 16.3 cm³/mol. The predicted octanol–water partition coefficient (Wildman–Crippen LogP) is -8.61. The Morgan fingerprint density at radius 2 is 1.20 bits per heavy atom.